The minimum atomic E-state index is -2.23. The summed E-state index contributed by atoms with van der Waals surface area (Å²) in [5, 5.41) is 2.09. The maximum Gasteiger partial charge on any atom is 0.409 e. The maximum atomic E-state index is 12.1. The molecule has 33 heavy (non-hydrogen) atoms. The summed E-state index contributed by atoms with van der Waals surface area (Å²) in [5.74, 6) is 0. The fourth-order valence-corrected chi connectivity index (χ4v) is 4.50. The molecule has 0 fully saturated rings. The van der Waals surface area contributed by atoms with E-state index in [0.29, 0.717) is 24.8 Å². The van der Waals surface area contributed by atoms with E-state index >= 15 is 0 Å². The number of ether oxygens (including phenoxy) is 1. The summed E-state index contributed by atoms with van der Waals surface area (Å²) in [6, 6.07) is 17.3. The maximum absolute atomic E-state index is 12.1. The predicted octanol–water partition coefficient (Wildman–Crippen LogP) is 3.66. The molecule has 2 aromatic rings. The van der Waals surface area contributed by atoms with Crippen molar-refractivity contribution in [1.82, 2.24) is 5.32 Å². The van der Waals surface area contributed by atoms with Crippen LogP contribution in [0.3, 0.4) is 0 Å². The molecule has 1 amide bonds. The van der Waals surface area contributed by atoms with Gasteiger partial charge in [0.15, 0.2) is 0 Å². The Hall–Kier alpha value is -2.26. The summed E-state index contributed by atoms with van der Waals surface area (Å²) in [6.45, 7) is 7.56. The Balaban J connectivity index is 2.16. The Bertz CT molecular complexity index is 933. The zero-order chi connectivity index (χ0) is 24.6. The number of amides is 1. The molecule has 0 radical (unpaired) electrons. The molecule has 0 aliphatic rings. The van der Waals surface area contributed by atoms with Crippen molar-refractivity contribution in [3.63, 3.8) is 0 Å². The van der Waals surface area contributed by atoms with Crippen molar-refractivity contribution in [2.45, 2.75) is 69.4 Å². The van der Waals surface area contributed by atoms with Gasteiger partial charge >= 0.3 is 6.09 Å². The lowest BCUT2D eigenvalue weighted by Crippen LogP contribution is -2.39. The molecule has 0 bridgehead atoms. The molecule has 0 saturated heterocycles. The second kappa shape index (κ2) is 11.7. The summed E-state index contributed by atoms with van der Waals surface area (Å²) in [4.78, 5) is 12.1. The molecule has 0 aliphatic carbocycles. The first kappa shape index (κ1) is 27.0. The van der Waals surface area contributed by atoms with E-state index in [2.05, 4.69) is 5.32 Å². The minimum absolute atomic E-state index is 0.268. The van der Waals surface area contributed by atoms with Crippen LogP contribution in [0.1, 0.15) is 63.4 Å². The molecule has 5 N–H and O–H groups in total. The molecular formula is C25H36N3O4S-. The van der Waals surface area contributed by atoms with Gasteiger partial charge in [0.05, 0.1) is 0 Å². The molecule has 0 saturated carbocycles. The number of carbonyl (C=O) groups excluding carboxylic acids is 1. The van der Waals surface area contributed by atoms with E-state index in [1.54, 1.807) is 26.8 Å². The van der Waals surface area contributed by atoms with Gasteiger partial charge in [-0.1, -0.05) is 72.6 Å². The second-order valence-corrected chi connectivity index (χ2v) is 10.8. The first-order valence-corrected chi connectivity index (χ1v) is 12.2. The summed E-state index contributed by atoms with van der Waals surface area (Å²) in [5.41, 5.74) is 13.8. The lowest BCUT2D eigenvalue weighted by molar-refractivity contribution is 0.0505. The Morgan fingerprint density at radius 2 is 1.79 bits per heavy atom. The van der Waals surface area contributed by atoms with E-state index < -0.39 is 39.6 Å². The Morgan fingerprint density at radius 3 is 2.36 bits per heavy atom. The van der Waals surface area contributed by atoms with Crippen LogP contribution in [0.5, 0.6) is 0 Å². The smallest absolute Gasteiger partial charge is 0.409 e. The number of hydrogen-bond donors (Lipinski definition) is 3. The van der Waals surface area contributed by atoms with Gasteiger partial charge in [-0.25, -0.2) is 4.79 Å². The van der Waals surface area contributed by atoms with Gasteiger partial charge in [-0.15, -0.1) is 0 Å². The van der Waals surface area contributed by atoms with Crippen molar-refractivity contribution in [2.24, 2.45) is 11.5 Å². The minimum Gasteiger partial charge on any atom is -0.772 e. The van der Waals surface area contributed by atoms with Crippen LogP contribution >= 0.6 is 0 Å². The average Bonchev–Trinajstić information content (AvgIpc) is 2.75. The normalized spacial score (nSPS) is 16.3. The number of carbonyl (C=O) groups is 1. The average molecular weight is 475 g/mol. The highest BCUT2D eigenvalue weighted by atomic mass is 32.2. The fourth-order valence-electron chi connectivity index (χ4n) is 3.69. The van der Waals surface area contributed by atoms with Crippen molar-refractivity contribution in [3.8, 4) is 0 Å². The number of benzene rings is 2. The van der Waals surface area contributed by atoms with Crippen LogP contribution in [0.4, 0.5) is 4.79 Å². The highest BCUT2D eigenvalue weighted by Gasteiger charge is 2.30. The number of alkyl carbamates (subject to hydrolysis) is 1. The molecule has 0 spiro atoms. The van der Waals surface area contributed by atoms with Crippen LogP contribution in [-0.4, -0.2) is 32.3 Å². The Morgan fingerprint density at radius 1 is 1.12 bits per heavy atom. The number of aryl methyl sites for hydroxylation is 1. The van der Waals surface area contributed by atoms with Crippen LogP contribution in [0.25, 0.3) is 0 Å². The zero-order valence-electron chi connectivity index (χ0n) is 19.9. The van der Waals surface area contributed by atoms with E-state index in [0.717, 1.165) is 11.1 Å². The van der Waals surface area contributed by atoms with E-state index in [4.69, 9.17) is 16.2 Å². The number of nitrogens with one attached hydrogen (secondary N) is 1. The fraction of sp³-hybridized carbons (Fsp3) is 0.480. The largest absolute Gasteiger partial charge is 0.772 e. The molecule has 182 valence electrons. The lowest BCUT2D eigenvalue weighted by atomic mass is 9.77. The quantitative estimate of drug-likeness (QED) is 0.356. The number of hydrogen-bond acceptors (Lipinski definition) is 6. The van der Waals surface area contributed by atoms with Gasteiger partial charge in [0.1, 0.15) is 11.8 Å². The predicted molar refractivity (Wildman–Crippen MR) is 131 cm³/mol. The molecule has 7 nitrogen and oxygen atoms in total. The van der Waals surface area contributed by atoms with Crippen molar-refractivity contribution >= 4 is 17.2 Å². The SMILES string of the molecule is CC(C)(C)OC(=O)NC(N)c1cccc(C(C)(CN)CC(CCc2ccccc2)S(=O)[O-])c1. The van der Waals surface area contributed by atoms with Gasteiger partial charge in [-0.2, -0.15) is 0 Å². The van der Waals surface area contributed by atoms with Crippen LogP contribution in [-0.2, 0) is 27.7 Å². The monoisotopic (exact) mass is 474 g/mol. The molecule has 0 aliphatic heterocycles. The van der Waals surface area contributed by atoms with Gasteiger partial charge in [0.2, 0.25) is 0 Å². The van der Waals surface area contributed by atoms with E-state index in [1.165, 1.54) is 0 Å². The summed E-state index contributed by atoms with van der Waals surface area (Å²) in [7, 11) is 0. The van der Waals surface area contributed by atoms with E-state index in [9.17, 15) is 13.6 Å². The van der Waals surface area contributed by atoms with Gasteiger partial charge in [-0.3, -0.25) is 4.21 Å². The molecule has 8 heteroatoms. The molecular weight excluding hydrogens is 438 g/mol. The summed E-state index contributed by atoms with van der Waals surface area (Å²) >= 11 is -2.23. The number of rotatable bonds is 10. The van der Waals surface area contributed by atoms with Crippen LogP contribution < -0.4 is 16.8 Å². The third-order valence-corrected chi connectivity index (χ3v) is 6.56. The molecule has 2 rings (SSSR count). The summed E-state index contributed by atoms with van der Waals surface area (Å²) < 4.78 is 29.3. The van der Waals surface area contributed by atoms with Crippen molar-refractivity contribution in [1.29, 1.82) is 0 Å². The first-order chi connectivity index (χ1) is 15.4. The van der Waals surface area contributed by atoms with E-state index in [-0.39, 0.29) is 6.54 Å². The molecule has 0 heterocycles. The lowest BCUT2D eigenvalue weighted by Gasteiger charge is -2.34. The highest BCUT2D eigenvalue weighted by Crippen LogP contribution is 2.32. The van der Waals surface area contributed by atoms with Gasteiger partial charge < -0.3 is 26.1 Å². The van der Waals surface area contributed by atoms with E-state index in [1.807, 2.05) is 55.5 Å². The van der Waals surface area contributed by atoms with Crippen LogP contribution in [0.2, 0.25) is 0 Å². The van der Waals surface area contributed by atoms with Crippen molar-refractivity contribution in [3.05, 3.63) is 71.3 Å². The third kappa shape index (κ3) is 8.55. The Labute approximate surface area is 199 Å². The summed E-state index contributed by atoms with van der Waals surface area (Å²) in [6.07, 6.45) is 0.180. The van der Waals surface area contributed by atoms with Crippen molar-refractivity contribution < 1.29 is 18.3 Å². The molecule has 4 unspecified atom stereocenters. The standard InChI is InChI=1S/C25H37N3O4S/c1-24(2,3)32-23(29)28-22(27)19-11-8-12-20(15-19)25(4,17-26)16-21(33(30)31)14-13-18-9-6-5-7-10-18/h5-12,15,21-22H,13-14,16-17,26-27H2,1-4H3,(H,28,29)(H,30,31)/p-1. The second-order valence-electron chi connectivity index (χ2n) is 9.63. The van der Waals surface area contributed by atoms with Gasteiger partial charge in [-0.05, 0) is 56.7 Å². The first-order valence-electron chi connectivity index (χ1n) is 11.1. The van der Waals surface area contributed by atoms with Crippen LogP contribution in [0, 0.1) is 0 Å². The van der Waals surface area contributed by atoms with Gasteiger partial charge in [0.25, 0.3) is 0 Å². The van der Waals surface area contributed by atoms with Gasteiger partial charge in [0, 0.05) is 17.2 Å². The Kier molecular flexibility index (Phi) is 9.60. The number of nitrogens with two attached hydrogens (primary N) is 2. The van der Waals surface area contributed by atoms with Crippen LogP contribution in [0.15, 0.2) is 54.6 Å². The molecule has 2 aromatic carbocycles. The topological polar surface area (TPSA) is 130 Å². The third-order valence-electron chi connectivity index (χ3n) is 5.61. The highest BCUT2D eigenvalue weighted by molar-refractivity contribution is 7.79. The van der Waals surface area contributed by atoms with Crippen molar-refractivity contribution in [2.75, 3.05) is 6.54 Å². The zero-order valence-corrected chi connectivity index (χ0v) is 20.7. The molecule has 0 aromatic heterocycles. The molecule has 4 atom stereocenters.